The van der Waals surface area contributed by atoms with Crippen molar-refractivity contribution in [2.24, 2.45) is 0 Å². The van der Waals surface area contributed by atoms with Crippen LogP contribution < -0.4 is 0 Å². The SMILES string of the molecule is OCc1cc(I)c(C(F)F)c(CBr)n1. The van der Waals surface area contributed by atoms with Crippen molar-refractivity contribution in [2.75, 3.05) is 0 Å². The van der Waals surface area contributed by atoms with Crippen LogP contribution in [0.15, 0.2) is 6.07 Å². The van der Waals surface area contributed by atoms with Crippen molar-refractivity contribution in [3.8, 4) is 0 Å². The highest BCUT2D eigenvalue weighted by Crippen LogP contribution is 2.28. The number of hydrogen-bond acceptors (Lipinski definition) is 2. The Morgan fingerprint density at radius 3 is 2.64 bits per heavy atom. The number of aliphatic hydroxyl groups is 1. The Bertz CT molecular complexity index is 335. The zero-order valence-corrected chi connectivity index (χ0v) is 10.7. The Kier molecular flexibility index (Phi) is 4.65. The van der Waals surface area contributed by atoms with E-state index in [0.29, 0.717) is 9.26 Å². The molecule has 0 fully saturated rings. The Morgan fingerprint density at radius 2 is 2.21 bits per heavy atom. The monoisotopic (exact) mass is 377 g/mol. The molecule has 0 radical (unpaired) electrons. The van der Waals surface area contributed by atoms with Crippen molar-refractivity contribution >= 4 is 38.5 Å². The van der Waals surface area contributed by atoms with Crippen molar-refractivity contribution < 1.29 is 13.9 Å². The molecule has 0 amide bonds. The molecule has 0 aliphatic carbocycles. The molecule has 1 aromatic rings. The minimum absolute atomic E-state index is 0.0559. The summed E-state index contributed by atoms with van der Waals surface area (Å²) in [6.45, 7) is -0.237. The maximum atomic E-state index is 12.6. The van der Waals surface area contributed by atoms with E-state index in [0.717, 1.165) is 0 Å². The number of aromatic nitrogens is 1. The van der Waals surface area contributed by atoms with Gasteiger partial charge in [0.2, 0.25) is 0 Å². The van der Waals surface area contributed by atoms with E-state index in [4.69, 9.17) is 5.11 Å². The van der Waals surface area contributed by atoms with Gasteiger partial charge in [0.1, 0.15) is 0 Å². The summed E-state index contributed by atoms with van der Waals surface area (Å²) >= 11 is 4.91. The van der Waals surface area contributed by atoms with Crippen molar-refractivity contribution in [3.05, 3.63) is 26.6 Å². The molecule has 0 spiro atoms. The summed E-state index contributed by atoms with van der Waals surface area (Å²) < 4.78 is 25.6. The van der Waals surface area contributed by atoms with Crippen molar-refractivity contribution in [3.63, 3.8) is 0 Å². The van der Waals surface area contributed by atoms with Gasteiger partial charge >= 0.3 is 0 Å². The van der Waals surface area contributed by atoms with Crippen LogP contribution in [0.25, 0.3) is 0 Å². The van der Waals surface area contributed by atoms with Gasteiger partial charge in [-0.3, -0.25) is 4.98 Å². The fourth-order valence-corrected chi connectivity index (χ4v) is 2.37. The standard InChI is InChI=1S/C8H7BrF2INO/c9-2-6-7(8(10)11)5(12)1-4(3-14)13-6/h1,8,14H,2-3H2. The van der Waals surface area contributed by atoms with Gasteiger partial charge in [0.25, 0.3) is 6.43 Å². The Morgan fingerprint density at radius 1 is 1.57 bits per heavy atom. The van der Waals surface area contributed by atoms with E-state index in [1.807, 2.05) is 22.6 Å². The molecule has 0 atom stereocenters. The van der Waals surface area contributed by atoms with Crippen LogP contribution in [0.3, 0.4) is 0 Å². The highest BCUT2D eigenvalue weighted by molar-refractivity contribution is 14.1. The molecular formula is C8H7BrF2INO. The zero-order chi connectivity index (χ0) is 10.7. The number of pyridine rings is 1. The number of hydrogen-bond donors (Lipinski definition) is 1. The highest BCUT2D eigenvalue weighted by Gasteiger charge is 2.18. The molecule has 0 unspecified atom stereocenters. The largest absolute Gasteiger partial charge is 0.390 e. The van der Waals surface area contributed by atoms with Gasteiger partial charge in [-0.1, -0.05) is 15.9 Å². The van der Waals surface area contributed by atoms with Crippen molar-refractivity contribution in [1.82, 2.24) is 4.98 Å². The maximum absolute atomic E-state index is 12.6. The number of rotatable bonds is 3. The molecule has 1 rings (SSSR count). The normalized spacial score (nSPS) is 11.0. The second-order valence-electron chi connectivity index (χ2n) is 2.55. The van der Waals surface area contributed by atoms with E-state index in [1.54, 1.807) is 0 Å². The highest BCUT2D eigenvalue weighted by atomic mass is 127. The minimum Gasteiger partial charge on any atom is -0.390 e. The fourth-order valence-electron chi connectivity index (χ4n) is 1.04. The summed E-state index contributed by atoms with van der Waals surface area (Å²) in [4.78, 5) is 3.91. The molecule has 0 bridgehead atoms. The van der Waals surface area contributed by atoms with Crippen LogP contribution in [0, 0.1) is 3.57 Å². The van der Waals surface area contributed by atoms with Gasteiger partial charge in [0.15, 0.2) is 0 Å². The van der Waals surface area contributed by atoms with Gasteiger partial charge in [-0.15, -0.1) is 0 Å². The second-order valence-corrected chi connectivity index (χ2v) is 4.27. The molecule has 1 aromatic heterocycles. The average molecular weight is 378 g/mol. The summed E-state index contributed by atoms with van der Waals surface area (Å²) in [6.07, 6.45) is -2.53. The molecule has 14 heavy (non-hydrogen) atoms. The number of alkyl halides is 3. The van der Waals surface area contributed by atoms with E-state index in [1.165, 1.54) is 6.07 Å². The fraction of sp³-hybridized carbons (Fsp3) is 0.375. The molecule has 78 valence electrons. The maximum Gasteiger partial charge on any atom is 0.266 e. The first-order chi connectivity index (χ1) is 6.60. The van der Waals surface area contributed by atoms with Crippen molar-refractivity contribution in [1.29, 1.82) is 0 Å². The van der Waals surface area contributed by atoms with Gasteiger partial charge in [0.05, 0.1) is 23.6 Å². The van der Waals surface area contributed by atoms with E-state index >= 15 is 0 Å². The summed E-state index contributed by atoms with van der Waals surface area (Å²) in [5.41, 5.74) is 0.642. The zero-order valence-electron chi connectivity index (χ0n) is 6.98. The molecule has 0 aliphatic rings. The van der Waals surface area contributed by atoms with Crippen LogP contribution in [0.1, 0.15) is 23.4 Å². The summed E-state index contributed by atoms with van der Waals surface area (Å²) in [7, 11) is 0. The van der Waals surface area contributed by atoms with Crippen LogP contribution in [0.5, 0.6) is 0 Å². The van der Waals surface area contributed by atoms with Crippen LogP contribution in [-0.4, -0.2) is 10.1 Å². The summed E-state index contributed by atoms with van der Waals surface area (Å²) in [6, 6.07) is 1.47. The molecule has 0 aromatic carbocycles. The van der Waals surface area contributed by atoms with Crippen LogP contribution in [-0.2, 0) is 11.9 Å². The third-order valence-corrected chi connectivity index (χ3v) is 3.07. The first-order valence-corrected chi connectivity index (χ1v) is 5.93. The molecule has 6 heteroatoms. The first kappa shape index (κ1) is 12.3. The average Bonchev–Trinajstić information content (AvgIpc) is 2.15. The minimum atomic E-state index is -2.53. The van der Waals surface area contributed by atoms with Crippen molar-refractivity contribution in [2.45, 2.75) is 18.4 Å². The van der Waals surface area contributed by atoms with Gasteiger partial charge in [-0.2, -0.15) is 0 Å². The lowest BCUT2D eigenvalue weighted by Crippen LogP contribution is -2.03. The van der Waals surface area contributed by atoms with Crippen LogP contribution in [0.2, 0.25) is 0 Å². The predicted molar refractivity (Wildman–Crippen MR) is 60.5 cm³/mol. The molecule has 2 nitrogen and oxygen atoms in total. The summed E-state index contributed by atoms with van der Waals surface area (Å²) in [5.74, 6) is 0. The van der Waals surface area contributed by atoms with E-state index in [-0.39, 0.29) is 23.2 Å². The Labute approximate surface area is 102 Å². The lowest BCUT2D eigenvalue weighted by atomic mass is 10.2. The number of halogens is 4. The molecule has 1 heterocycles. The van der Waals surface area contributed by atoms with E-state index < -0.39 is 6.43 Å². The quantitative estimate of drug-likeness (QED) is 0.648. The number of aliphatic hydroxyl groups excluding tert-OH is 1. The molecule has 0 saturated carbocycles. The molecule has 0 saturated heterocycles. The lowest BCUT2D eigenvalue weighted by molar-refractivity contribution is 0.148. The summed E-state index contributed by atoms with van der Waals surface area (Å²) in [5, 5.41) is 9.10. The van der Waals surface area contributed by atoms with Gasteiger partial charge < -0.3 is 5.11 Å². The number of nitrogens with zero attached hydrogens (tertiary/aromatic N) is 1. The predicted octanol–water partition coefficient (Wildman–Crippen LogP) is 3.01. The van der Waals surface area contributed by atoms with Crippen LogP contribution in [0.4, 0.5) is 8.78 Å². The Balaban J connectivity index is 3.27. The van der Waals surface area contributed by atoms with Gasteiger partial charge in [-0.25, -0.2) is 8.78 Å². The first-order valence-electron chi connectivity index (χ1n) is 3.73. The van der Waals surface area contributed by atoms with E-state index in [9.17, 15) is 8.78 Å². The molecule has 1 N–H and O–H groups in total. The molecular weight excluding hydrogens is 371 g/mol. The smallest absolute Gasteiger partial charge is 0.266 e. The Hall–Kier alpha value is 0.180. The molecule has 0 aliphatic heterocycles. The van der Waals surface area contributed by atoms with E-state index in [2.05, 4.69) is 20.9 Å². The third-order valence-electron chi connectivity index (χ3n) is 1.65. The van der Waals surface area contributed by atoms with Gasteiger partial charge in [-0.05, 0) is 28.7 Å². The second kappa shape index (κ2) is 5.32. The van der Waals surface area contributed by atoms with Crippen LogP contribution >= 0.6 is 38.5 Å². The lowest BCUT2D eigenvalue weighted by Gasteiger charge is -2.09. The topological polar surface area (TPSA) is 33.1 Å². The third kappa shape index (κ3) is 2.60. The van der Waals surface area contributed by atoms with Gasteiger partial charge in [0, 0.05) is 8.90 Å².